The molecule has 110 valence electrons. The van der Waals surface area contributed by atoms with Crippen LogP contribution in [0.3, 0.4) is 0 Å². The van der Waals surface area contributed by atoms with E-state index in [2.05, 4.69) is 5.32 Å². The Balaban J connectivity index is 1.93. The Hall–Kier alpha value is -1.17. The fourth-order valence-corrected chi connectivity index (χ4v) is 5.59. The number of sulfone groups is 1. The fourth-order valence-electron chi connectivity index (χ4n) is 2.17. The van der Waals surface area contributed by atoms with Gasteiger partial charge in [0.1, 0.15) is 4.58 Å². The zero-order chi connectivity index (χ0) is 15.0. The van der Waals surface area contributed by atoms with Gasteiger partial charge in [-0.3, -0.25) is 0 Å². The van der Waals surface area contributed by atoms with Crippen molar-refractivity contribution in [1.82, 2.24) is 0 Å². The van der Waals surface area contributed by atoms with Crippen LogP contribution in [-0.2, 0) is 9.84 Å². The van der Waals surface area contributed by atoms with E-state index >= 15 is 0 Å². The van der Waals surface area contributed by atoms with Gasteiger partial charge in [0.15, 0.2) is 9.84 Å². The molecular weight excluding hydrogens is 326 g/mol. The maximum Gasteiger partial charge on any atom is 0.192 e. The first-order valence-electron chi connectivity index (χ1n) is 6.47. The van der Waals surface area contributed by atoms with Gasteiger partial charge in [0.05, 0.1) is 4.90 Å². The first kappa shape index (κ1) is 14.8. The van der Waals surface area contributed by atoms with Gasteiger partial charge >= 0.3 is 0 Å². The minimum absolute atomic E-state index is 0.359. The molecule has 0 aromatic heterocycles. The Kier molecular flexibility index (Phi) is 3.90. The lowest BCUT2D eigenvalue weighted by Gasteiger charge is -2.25. The van der Waals surface area contributed by atoms with Crippen LogP contribution >= 0.6 is 23.4 Å². The molecule has 0 fully saturated rings. The molecule has 1 aliphatic rings. The highest BCUT2D eigenvalue weighted by Gasteiger charge is 2.32. The number of benzene rings is 2. The molecule has 21 heavy (non-hydrogen) atoms. The van der Waals surface area contributed by atoms with Crippen LogP contribution in [0.4, 0.5) is 5.69 Å². The molecular formula is C15H14ClNO2S2. The van der Waals surface area contributed by atoms with E-state index in [-0.39, 0.29) is 0 Å². The third-order valence-corrected chi connectivity index (χ3v) is 7.45. The van der Waals surface area contributed by atoms with Gasteiger partial charge in [-0.05, 0) is 37.3 Å². The molecule has 3 nitrogen and oxygen atoms in total. The molecule has 2 aromatic rings. The molecule has 1 atom stereocenters. The smallest absolute Gasteiger partial charge is 0.192 e. The van der Waals surface area contributed by atoms with E-state index in [1.807, 2.05) is 25.1 Å². The minimum Gasteiger partial charge on any atom is -0.382 e. The molecule has 0 bridgehead atoms. The molecule has 0 aliphatic carbocycles. The summed E-state index contributed by atoms with van der Waals surface area (Å²) in [6.45, 7) is 2.32. The highest BCUT2D eigenvalue weighted by atomic mass is 35.5. The second-order valence-corrected chi connectivity index (χ2v) is 9.04. The fraction of sp³-hybridized carbons (Fsp3) is 0.200. The molecule has 0 spiro atoms. The average molecular weight is 340 g/mol. The summed E-state index contributed by atoms with van der Waals surface area (Å²) in [4.78, 5) is 1.23. The zero-order valence-corrected chi connectivity index (χ0v) is 13.7. The van der Waals surface area contributed by atoms with E-state index < -0.39 is 14.4 Å². The maximum atomic E-state index is 12.7. The van der Waals surface area contributed by atoms with Gasteiger partial charge in [-0.1, -0.05) is 29.3 Å². The molecule has 1 unspecified atom stereocenters. The van der Waals surface area contributed by atoms with Crippen molar-refractivity contribution in [2.24, 2.45) is 0 Å². The summed E-state index contributed by atoms with van der Waals surface area (Å²) in [5.74, 6) is 0. The van der Waals surface area contributed by atoms with Gasteiger partial charge in [-0.15, -0.1) is 11.8 Å². The molecule has 1 aliphatic heterocycles. The summed E-state index contributed by atoms with van der Waals surface area (Å²) in [5, 5.41) is 3.78. The standard InChI is InChI=1S/C15H14ClNO2S2/c1-10-2-5-12(6-3-10)21(18,19)15-9-17-13-7-4-11(16)8-14(13)20-15/h2-8,15,17H,9H2,1H3. The van der Waals surface area contributed by atoms with Crippen molar-refractivity contribution in [2.45, 2.75) is 21.3 Å². The van der Waals surface area contributed by atoms with E-state index in [1.54, 1.807) is 24.3 Å². The molecule has 1 N–H and O–H groups in total. The highest BCUT2D eigenvalue weighted by Crippen LogP contribution is 2.40. The Morgan fingerprint density at radius 2 is 1.90 bits per heavy atom. The lowest BCUT2D eigenvalue weighted by Crippen LogP contribution is -2.29. The number of hydrogen-bond donors (Lipinski definition) is 1. The summed E-state index contributed by atoms with van der Waals surface area (Å²) >= 11 is 7.32. The summed E-state index contributed by atoms with van der Waals surface area (Å²) in [5.41, 5.74) is 1.97. The second kappa shape index (κ2) is 5.55. The van der Waals surface area contributed by atoms with Crippen LogP contribution in [0.5, 0.6) is 0 Å². The van der Waals surface area contributed by atoms with Crippen LogP contribution in [0.15, 0.2) is 52.3 Å². The number of anilines is 1. The number of fused-ring (bicyclic) bond motifs is 1. The predicted octanol–water partition coefficient (Wildman–Crippen LogP) is 3.97. The summed E-state index contributed by atoms with van der Waals surface area (Å²) in [7, 11) is -3.38. The molecule has 6 heteroatoms. The molecule has 2 aromatic carbocycles. The lowest BCUT2D eigenvalue weighted by molar-refractivity contribution is 0.593. The predicted molar refractivity (Wildman–Crippen MR) is 88.0 cm³/mol. The minimum atomic E-state index is -3.38. The average Bonchev–Trinajstić information content (AvgIpc) is 2.47. The molecule has 0 radical (unpaired) electrons. The summed E-state index contributed by atoms with van der Waals surface area (Å²) in [6.07, 6.45) is 0. The van der Waals surface area contributed by atoms with Crippen molar-refractivity contribution in [3.63, 3.8) is 0 Å². The molecule has 0 saturated heterocycles. The van der Waals surface area contributed by atoms with Crippen molar-refractivity contribution in [2.75, 3.05) is 11.9 Å². The Morgan fingerprint density at radius 1 is 1.19 bits per heavy atom. The number of nitrogens with one attached hydrogen (secondary N) is 1. The number of aryl methyl sites for hydroxylation is 1. The van der Waals surface area contributed by atoms with E-state index in [0.29, 0.717) is 16.5 Å². The number of rotatable bonds is 2. The number of hydrogen-bond acceptors (Lipinski definition) is 4. The normalized spacial score (nSPS) is 17.9. The first-order chi connectivity index (χ1) is 9.96. The first-order valence-corrected chi connectivity index (χ1v) is 9.28. The quantitative estimate of drug-likeness (QED) is 0.899. The van der Waals surface area contributed by atoms with Gasteiger partial charge in [0.2, 0.25) is 0 Å². The summed E-state index contributed by atoms with van der Waals surface area (Å²) in [6, 6.07) is 12.4. The van der Waals surface area contributed by atoms with E-state index in [0.717, 1.165) is 16.1 Å². The van der Waals surface area contributed by atoms with Crippen LogP contribution in [0.25, 0.3) is 0 Å². The molecule has 0 amide bonds. The molecule has 0 saturated carbocycles. The van der Waals surface area contributed by atoms with Crippen LogP contribution in [0.2, 0.25) is 5.02 Å². The van der Waals surface area contributed by atoms with Crippen molar-refractivity contribution in [1.29, 1.82) is 0 Å². The number of thioether (sulfide) groups is 1. The van der Waals surface area contributed by atoms with Gasteiger partial charge in [0.25, 0.3) is 0 Å². The van der Waals surface area contributed by atoms with E-state index in [4.69, 9.17) is 11.6 Å². The van der Waals surface area contributed by atoms with Gasteiger partial charge in [0, 0.05) is 22.2 Å². The SMILES string of the molecule is Cc1ccc(S(=O)(=O)C2CNc3ccc(Cl)cc3S2)cc1. The van der Waals surface area contributed by atoms with E-state index in [1.165, 1.54) is 11.8 Å². The van der Waals surface area contributed by atoms with Crippen molar-refractivity contribution >= 4 is 38.9 Å². The third kappa shape index (κ3) is 2.91. The van der Waals surface area contributed by atoms with E-state index in [9.17, 15) is 8.42 Å². The monoisotopic (exact) mass is 339 g/mol. The van der Waals surface area contributed by atoms with Crippen molar-refractivity contribution in [3.8, 4) is 0 Å². The van der Waals surface area contributed by atoms with Gasteiger partial charge in [-0.2, -0.15) is 0 Å². The van der Waals surface area contributed by atoms with Gasteiger partial charge < -0.3 is 5.32 Å². The van der Waals surface area contributed by atoms with Crippen LogP contribution in [0, 0.1) is 6.92 Å². The second-order valence-electron chi connectivity index (χ2n) is 4.93. The lowest BCUT2D eigenvalue weighted by atomic mass is 10.2. The maximum absolute atomic E-state index is 12.7. The number of halogens is 1. The Morgan fingerprint density at radius 3 is 2.62 bits per heavy atom. The van der Waals surface area contributed by atoms with Crippen molar-refractivity contribution in [3.05, 3.63) is 53.1 Å². The third-order valence-electron chi connectivity index (χ3n) is 3.36. The van der Waals surface area contributed by atoms with Crippen molar-refractivity contribution < 1.29 is 8.42 Å². The van der Waals surface area contributed by atoms with Crippen LogP contribution in [-0.4, -0.2) is 19.5 Å². The molecule has 1 heterocycles. The highest BCUT2D eigenvalue weighted by molar-refractivity contribution is 8.13. The van der Waals surface area contributed by atoms with Crippen LogP contribution in [0.1, 0.15) is 5.56 Å². The van der Waals surface area contributed by atoms with Gasteiger partial charge in [-0.25, -0.2) is 8.42 Å². The molecule has 3 rings (SSSR count). The topological polar surface area (TPSA) is 46.2 Å². The Bertz CT molecular complexity index is 773. The summed E-state index contributed by atoms with van der Waals surface area (Å²) < 4.78 is 24.8. The largest absolute Gasteiger partial charge is 0.382 e. The zero-order valence-electron chi connectivity index (χ0n) is 11.3. The van der Waals surface area contributed by atoms with Crippen LogP contribution < -0.4 is 5.32 Å². The Labute approximate surface area is 133 Å².